The van der Waals surface area contributed by atoms with Crippen LogP contribution in [-0.4, -0.2) is 12.6 Å². The summed E-state index contributed by atoms with van der Waals surface area (Å²) in [5.74, 6) is 0.385. The Morgan fingerprint density at radius 1 is 1.23 bits per heavy atom. The second-order valence-electron chi connectivity index (χ2n) is 3.87. The summed E-state index contributed by atoms with van der Waals surface area (Å²) >= 11 is 0. The summed E-state index contributed by atoms with van der Waals surface area (Å²) in [6.45, 7) is 3.74. The number of carbonyl (C=O) groups excluding carboxylic acids is 1. The highest BCUT2D eigenvalue weighted by molar-refractivity contribution is 5.73. The van der Waals surface area contributed by atoms with E-state index in [2.05, 4.69) is 6.92 Å². The van der Waals surface area contributed by atoms with Gasteiger partial charge in [0.2, 0.25) is 0 Å². The van der Waals surface area contributed by atoms with Crippen LogP contribution < -0.4 is 0 Å². The highest BCUT2D eigenvalue weighted by Crippen LogP contribution is 2.25. The first-order valence-corrected chi connectivity index (χ1v) is 5.28. The van der Waals surface area contributed by atoms with Crippen LogP contribution in [0.1, 0.15) is 44.9 Å². The molecule has 0 saturated heterocycles. The van der Waals surface area contributed by atoms with Crippen LogP contribution in [0.25, 0.3) is 0 Å². The highest BCUT2D eigenvalue weighted by atomic mass is 16.5. The van der Waals surface area contributed by atoms with Gasteiger partial charge in [0, 0.05) is 0 Å². The molecule has 0 atom stereocenters. The average molecular weight is 183 g/mol. The summed E-state index contributed by atoms with van der Waals surface area (Å²) in [5.41, 5.74) is 0. The fraction of sp³-hybridized carbons (Fsp3) is 0.818. The highest BCUT2D eigenvalue weighted by Gasteiger charge is 2.12. The average Bonchev–Trinajstić information content (AvgIpc) is 2.32. The first-order chi connectivity index (χ1) is 6.29. The maximum atomic E-state index is 10.4. The van der Waals surface area contributed by atoms with Crippen LogP contribution in [0.5, 0.6) is 0 Å². The fourth-order valence-corrected chi connectivity index (χ4v) is 1.99. The van der Waals surface area contributed by atoms with Crippen molar-refractivity contribution in [2.45, 2.75) is 44.9 Å². The van der Waals surface area contributed by atoms with Gasteiger partial charge in [-0.2, -0.15) is 0 Å². The van der Waals surface area contributed by atoms with E-state index in [9.17, 15) is 4.79 Å². The standard InChI is InChI=1S/C11H19O2/c1-10(12)13-9-8-11-6-4-2-3-5-7-11/h11H,1-9H2. The van der Waals surface area contributed by atoms with Gasteiger partial charge in [-0.3, -0.25) is 4.79 Å². The topological polar surface area (TPSA) is 26.3 Å². The van der Waals surface area contributed by atoms with Crippen LogP contribution in [0.15, 0.2) is 0 Å². The van der Waals surface area contributed by atoms with Gasteiger partial charge in [-0.1, -0.05) is 38.5 Å². The zero-order chi connectivity index (χ0) is 9.52. The monoisotopic (exact) mass is 183 g/mol. The van der Waals surface area contributed by atoms with E-state index >= 15 is 0 Å². The molecule has 0 bridgehead atoms. The Labute approximate surface area is 80.7 Å². The van der Waals surface area contributed by atoms with Crippen molar-refractivity contribution in [3.05, 3.63) is 6.92 Å². The zero-order valence-corrected chi connectivity index (χ0v) is 8.26. The van der Waals surface area contributed by atoms with Crippen molar-refractivity contribution in [2.24, 2.45) is 5.92 Å². The number of esters is 1. The van der Waals surface area contributed by atoms with Gasteiger partial charge in [-0.05, 0) is 12.3 Å². The van der Waals surface area contributed by atoms with Crippen molar-refractivity contribution in [3.8, 4) is 0 Å². The summed E-state index contributed by atoms with van der Waals surface area (Å²) in [5, 5.41) is 0. The third kappa shape index (κ3) is 4.91. The van der Waals surface area contributed by atoms with Gasteiger partial charge in [0.05, 0.1) is 13.5 Å². The lowest BCUT2D eigenvalue weighted by Crippen LogP contribution is -2.07. The Morgan fingerprint density at radius 3 is 2.38 bits per heavy atom. The number of carbonyl (C=O) groups is 1. The molecule has 0 unspecified atom stereocenters. The number of hydrogen-bond acceptors (Lipinski definition) is 2. The van der Waals surface area contributed by atoms with E-state index < -0.39 is 5.97 Å². The predicted octanol–water partition coefficient (Wildman–Crippen LogP) is 2.72. The van der Waals surface area contributed by atoms with Crippen molar-refractivity contribution in [1.82, 2.24) is 0 Å². The van der Waals surface area contributed by atoms with E-state index in [4.69, 9.17) is 4.74 Å². The molecule has 0 aromatic carbocycles. The van der Waals surface area contributed by atoms with Crippen molar-refractivity contribution >= 4 is 5.97 Å². The SMILES string of the molecule is [CH2]C(=O)OCCC1CCCCCC1. The molecule has 0 heterocycles. The molecule has 0 amide bonds. The third-order valence-corrected chi connectivity index (χ3v) is 2.76. The molecule has 13 heavy (non-hydrogen) atoms. The van der Waals surface area contributed by atoms with Gasteiger partial charge in [0.1, 0.15) is 0 Å². The van der Waals surface area contributed by atoms with Crippen LogP contribution >= 0.6 is 0 Å². The fourth-order valence-electron chi connectivity index (χ4n) is 1.99. The van der Waals surface area contributed by atoms with Crippen molar-refractivity contribution in [1.29, 1.82) is 0 Å². The van der Waals surface area contributed by atoms with E-state index in [-0.39, 0.29) is 0 Å². The Morgan fingerprint density at radius 2 is 1.85 bits per heavy atom. The number of hydrogen-bond donors (Lipinski definition) is 0. The van der Waals surface area contributed by atoms with E-state index in [0.717, 1.165) is 12.3 Å². The Hall–Kier alpha value is -0.530. The lowest BCUT2D eigenvalue weighted by molar-refractivity contribution is -0.138. The van der Waals surface area contributed by atoms with Crippen LogP contribution in [0, 0.1) is 12.8 Å². The van der Waals surface area contributed by atoms with Crippen molar-refractivity contribution in [2.75, 3.05) is 6.61 Å². The molecular weight excluding hydrogens is 164 g/mol. The normalized spacial score (nSPS) is 19.5. The smallest absolute Gasteiger partial charge is 0.306 e. The van der Waals surface area contributed by atoms with E-state index in [0.29, 0.717) is 6.61 Å². The number of rotatable bonds is 3. The molecule has 1 fully saturated rings. The molecule has 0 aromatic rings. The van der Waals surface area contributed by atoms with E-state index in [1.165, 1.54) is 38.5 Å². The predicted molar refractivity (Wildman–Crippen MR) is 52.1 cm³/mol. The first-order valence-electron chi connectivity index (χ1n) is 5.28. The molecule has 75 valence electrons. The summed E-state index contributed by atoms with van der Waals surface area (Å²) in [7, 11) is 0. The second-order valence-corrected chi connectivity index (χ2v) is 3.87. The molecule has 1 radical (unpaired) electrons. The molecule has 1 saturated carbocycles. The minimum Gasteiger partial charge on any atom is -0.466 e. The van der Waals surface area contributed by atoms with Crippen LogP contribution in [0.2, 0.25) is 0 Å². The third-order valence-electron chi connectivity index (χ3n) is 2.76. The molecular formula is C11H19O2. The zero-order valence-electron chi connectivity index (χ0n) is 8.26. The maximum absolute atomic E-state index is 10.4. The molecule has 0 N–H and O–H groups in total. The molecule has 0 aliphatic heterocycles. The van der Waals surface area contributed by atoms with Crippen LogP contribution in [0.4, 0.5) is 0 Å². The minimum atomic E-state index is -0.395. The van der Waals surface area contributed by atoms with Gasteiger partial charge >= 0.3 is 5.97 Å². The maximum Gasteiger partial charge on any atom is 0.306 e. The molecule has 1 rings (SSSR count). The molecule has 0 spiro atoms. The lowest BCUT2D eigenvalue weighted by atomic mass is 9.97. The molecule has 1 aliphatic carbocycles. The van der Waals surface area contributed by atoms with Gasteiger partial charge < -0.3 is 4.74 Å². The van der Waals surface area contributed by atoms with Crippen molar-refractivity contribution < 1.29 is 9.53 Å². The van der Waals surface area contributed by atoms with Crippen molar-refractivity contribution in [3.63, 3.8) is 0 Å². The Bertz CT molecular complexity index is 146. The van der Waals surface area contributed by atoms with Crippen LogP contribution in [-0.2, 0) is 9.53 Å². The van der Waals surface area contributed by atoms with Crippen LogP contribution in [0.3, 0.4) is 0 Å². The Balaban J connectivity index is 2.08. The second kappa shape index (κ2) is 6.01. The molecule has 2 nitrogen and oxygen atoms in total. The number of ether oxygens (including phenoxy) is 1. The minimum absolute atomic E-state index is 0.395. The lowest BCUT2D eigenvalue weighted by Gasteiger charge is -2.12. The van der Waals surface area contributed by atoms with Gasteiger partial charge in [-0.25, -0.2) is 0 Å². The first kappa shape index (κ1) is 10.6. The molecule has 2 heteroatoms. The van der Waals surface area contributed by atoms with Gasteiger partial charge in [0.25, 0.3) is 0 Å². The quantitative estimate of drug-likeness (QED) is 0.496. The van der Waals surface area contributed by atoms with Gasteiger partial charge in [-0.15, -0.1) is 0 Å². The summed E-state index contributed by atoms with van der Waals surface area (Å²) < 4.78 is 4.84. The summed E-state index contributed by atoms with van der Waals surface area (Å²) in [6.07, 6.45) is 9.12. The largest absolute Gasteiger partial charge is 0.466 e. The Kier molecular flexibility index (Phi) is 4.87. The van der Waals surface area contributed by atoms with E-state index in [1.54, 1.807) is 0 Å². The summed E-state index contributed by atoms with van der Waals surface area (Å²) in [6, 6.07) is 0. The van der Waals surface area contributed by atoms with Gasteiger partial charge in [0.15, 0.2) is 0 Å². The van der Waals surface area contributed by atoms with E-state index in [1.807, 2.05) is 0 Å². The molecule has 1 aliphatic rings. The summed E-state index contributed by atoms with van der Waals surface area (Å²) in [4.78, 5) is 10.4. The molecule has 0 aromatic heterocycles.